The number of piperidine rings is 2. The van der Waals surface area contributed by atoms with E-state index in [4.69, 9.17) is 0 Å². The molecule has 1 N–H and O–H groups in total. The van der Waals surface area contributed by atoms with E-state index in [9.17, 15) is 0 Å². The van der Waals surface area contributed by atoms with Gasteiger partial charge in [0.15, 0.2) is 0 Å². The van der Waals surface area contributed by atoms with Gasteiger partial charge in [0.2, 0.25) is 0 Å². The molecule has 2 saturated heterocycles. The van der Waals surface area contributed by atoms with Gasteiger partial charge < -0.3 is 5.32 Å². The Morgan fingerprint density at radius 3 is 2.00 bits per heavy atom. The first-order valence-electron chi connectivity index (χ1n) is 10.9. The summed E-state index contributed by atoms with van der Waals surface area (Å²) in [5.74, 6) is 2.11. The number of fused-ring (bicyclic) bond motifs is 4. The number of rotatable bonds is 3. The highest BCUT2D eigenvalue weighted by Gasteiger charge is 2.44. The predicted octanol–water partition coefficient (Wildman–Crippen LogP) is 5.45. The van der Waals surface area contributed by atoms with Crippen LogP contribution in [0.4, 0.5) is 5.69 Å². The fraction of sp³-hybridized carbons (Fsp3) is 0.739. The lowest BCUT2D eigenvalue weighted by Crippen LogP contribution is -2.60. The van der Waals surface area contributed by atoms with Crippen LogP contribution in [0.5, 0.6) is 0 Å². The second-order valence-electron chi connectivity index (χ2n) is 9.39. The molecule has 2 aliphatic heterocycles. The van der Waals surface area contributed by atoms with E-state index in [0.29, 0.717) is 6.04 Å². The van der Waals surface area contributed by atoms with E-state index < -0.39 is 0 Å². The number of nitrogens with one attached hydrogen (secondary N) is 1. The third-order valence-electron chi connectivity index (χ3n) is 7.70. The van der Waals surface area contributed by atoms with Crippen LogP contribution in [0.15, 0.2) is 30.3 Å². The summed E-state index contributed by atoms with van der Waals surface area (Å²) in [5, 5.41) is 3.85. The number of anilines is 1. The van der Waals surface area contributed by atoms with E-state index in [1.165, 1.54) is 69.9 Å². The van der Waals surface area contributed by atoms with Crippen LogP contribution in [-0.2, 0) is 0 Å². The van der Waals surface area contributed by atoms with Gasteiger partial charge in [0.05, 0.1) is 0 Å². The molecule has 0 spiro atoms. The Balaban J connectivity index is 1.28. The Morgan fingerprint density at radius 2 is 1.32 bits per heavy atom. The second-order valence-corrected chi connectivity index (χ2v) is 9.39. The van der Waals surface area contributed by atoms with Gasteiger partial charge in [0, 0.05) is 29.9 Å². The van der Waals surface area contributed by atoms with E-state index >= 15 is 0 Å². The molecule has 1 aromatic rings. The minimum Gasteiger partial charge on any atom is -0.382 e. The molecule has 2 aliphatic carbocycles. The standard InChI is InChI=1S/C23H34N2/c1-2-8-19(9-3-1)24-20-15-21-10-5-11-22(16-20)25(21)23-13-17-6-4-7-18(12-17)14-23/h1-3,8-9,17-18,20-24H,4-7,10-16H2. The lowest BCUT2D eigenvalue weighted by molar-refractivity contribution is -0.0382. The van der Waals surface area contributed by atoms with Crippen LogP contribution in [-0.4, -0.2) is 29.1 Å². The molecule has 4 aliphatic rings. The van der Waals surface area contributed by atoms with Gasteiger partial charge in [-0.05, 0) is 68.9 Å². The van der Waals surface area contributed by atoms with Crippen LogP contribution in [0.2, 0.25) is 0 Å². The number of hydrogen-bond acceptors (Lipinski definition) is 2. The predicted molar refractivity (Wildman–Crippen MR) is 105 cm³/mol. The lowest BCUT2D eigenvalue weighted by Gasteiger charge is -2.55. The Kier molecular flexibility index (Phi) is 4.49. The fourth-order valence-electron chi connectivity index (χ4n) is 6.84. The van der Waals surface area contributed by atoms with Crippen molar-refractivity contribution < 1.29 is 0 Å². The maximum Gasteiger partial charge on any atom is 0.0342 e. The van der Waals surface area contributed by atoms with Gasteiger partial charge in [-0.25, -0.2) is 0 Å². The Morgan fingerprint density at radius 1 is 0.680 bits per heavy atom. The zero-order valence-corrected chi connectivity index (χ0v) is 15.6. The zero-order valence-electron chi connectivity index (χ0n) is 15.6. The maximum absolute atomic E-state index is 3.85. The fourth-order valence-corrected chi connectivity index (χ4v) is 6.84. The van der Waals surface area contributed by atoms with E-state index in [-0.39, 0.29) is 0 Å². The van der Waals surface area contributed by atoms with Gasteiger partial charge in [-0.15, -0.1) is 0 Å². The van der Waals surface area contributed by atoms with Gasteiger partial charge in [-0.2, -0.15) is 0 Å². The molecule has 4 fully saturated rings. The Labute approximate surface area is 153 Å². The first-order chi connectivity index (χ1) is 12.3. The van der Waals surface area contributed by atoms with E-state index in [1.54, 1.807) is 6.42 Å². The van der Waals surface area contributed by atoms with Crippen LogP contribution in [0.25, 0.3) is 0 Å². The molecule has 5 rings (SSSR count). The second kappa shape index (κ2) is 6.95. The lowest BCUT2D eigenvalue weighted by atomic mass is 9.68. The molecule has 1 aromatic carbocycles. The van der Waals surface area contributed by atoms with Crippen LogP contribution >= 0.6 is 0 Å². The normalized spacial score (nSPS) is 41.3. The van der Waals surface area contributed by atoms with Crippen molar-refractivity contribution in [3.8, 4) is 0 Å². The monoisotopic (exact) mass is 338 g/mol. The molecule has 4 unspecified atom stereocenters. The molecular weight excluding hydrogens is 304 g/mol. The number of hydrogen-bond donors (Lipinski definition) is 1. The van der Waals surface area contributed by atoms with Crippen molar-refractivity contribution >= 4 is 5.69 Å². The molecule has 0 amide bonds. The molecule has 25 heavy (non-hydrogen) atoms. The summed E-state index contributed by atoms with van der Waals surface area (Å²) in [6.07, 6.45) is 16.2. The summed E-state index contributed by atoms with van der Waals surface area (Å²) in [5.41, 5.74) is 1.31. The minimum atomic E-state index is 0.678. The molecule has 2 saturated carbocycles. The van der Waals surface area contributed by atoms with Crippen molar-refractivity contribution in [1.82, 2.24) is 4.90 Å². The molecule has 2 heteroatoms. The van der Waals surface area contributed by atoms with Gasteiger partial charge in [0.1, 0.15) is 0 Å². The average Bonchev–Trinajstić information content (AvgIpc) is 2.61. The highest BCUT2D eigenvalue weighted by molar-refractivity contribution is 5.43. The Bertz CT molecular complexity index is 545. The molecular formula is C23H34N2. The highest BCUT2D eigenvalue weighted by Crippen LogP contribution is 2.46. The minimum absolute atomic E-state index is 0.678. The Hall–Kier alpha value is -1.02. The summed E-state index contributed by atoms with van der Waals surface area (Å²) >= 11 is 0. The third kappa shape index (κ3) is 3.35. The summed E-state index contributed by atoms with van der Waals surface area (Å²) in [4.78, 5) is 3.05. The van der Waals surface area contributed by atoms with Gasteiger partial charge >= 0.3 is 0 Å². The largest absolute Gasteiger partial charge is 0.382 e. The number of nitrogens with zero attached hydrogens (tertiary/aromatic N) is 1. The summed E-state index contributed by atoms with van der Waals surface area (Å²) in [6, 6.07) is 14.2. The number of para-hydroxylation sites is 1. The van der Waals surface area contributed by atoms with Gasteiger partial charge in [-0.1, -0.05) is 43.9 Å². The SMILES string of the molecule is c1ccc(NC2CC3CCCC(C2)N3C2CC3CCCC(C3)C2)cc1. The summed E-state index contributed by atoms with van der Waals surface area (Å²) < 4.78 is 0. The first kappa shape index (κ1) is 16.2. The summed E-state index contributed by atoms with van der Waals surface area (Å²) in [7, 11) is 0. The van der Waals surface area contributed by atoms with E-state index in [1.807, 2.05) is 0 Å². The third-order valence-corrected chi connectivity index (χ3v) is 7.70. The molecule has 0 radical (unpaired) electrons. The molecule has 2 nitrogen and oxygen atoms in total. The number of benzene rings is 1. The smallest absolute Gasteiger partial charge is 0.0342 e. The van der Waals surface area contributed by atoms with E-state index in [2.05, 4.69) is 40.5 Å². The van der Waals surface area contributed by atoms with Gasteiger partial charge in [-0.3, -0.25) is 4.90 Å². The van der Waals surface area contributed by atoms with Crippen molar-refractivity contribution in [3.63, 3.8) is 0 Å². The first-order valence-corrected chi connectivity index (χ1v) is 10.9. The van der Waals surface area contributed by atoms with Crippen molar-refractivity contribution in [1.29, 1.82) is 0 Å². The van der Waals surface area contributed by atoms with Crippen molar-refractivity contribution in [2.75, 3.05) is 5.32 Å². The van der Waals surface area contributed by atoms with Crippen LogP contribution < -0.4 is 5.32 Å². The van der Waals surface area contributed by atoms with Crippen LogP contribution in [0.1, 0.15) is 70.6 Å². The molecule has 4 atom stereocenters. The quantitative estimate of drug-likeness (QED) is 0.788. The average molecular weight is 339 g/mol. The molecule has 0 aromatic heterocycles. The zero-order chi connectivity index (χ0) is 16.6. The molecule has 2 heterocycles. The summed E-state index contributed by atoms with van der Waals surface area (Å²) in [6.45, 7) is 0. The van der Waals surface area contributed by atoms with Crippen molar-refractivity contribution in [3.05, 3.63) is 30.3 Å². The highest BCUT2D eigenvalue weighted by atomic mass is 15.2. The topological polar surface area (TPSA) is 15.3 Å². The van der Waals surface area contributed by atoms with Crippen molar-refractivity contribution in [2.24, 2.45) is 11.8 Å². The van der Waals surface area contributed by atoms with E-state index in [0.717, 1.165) is 30.0 Å². The van der Waals surface area contributed by atoms with Crippen molar-refractivity contribution in [2.45, 2.75) is 94.8 Å². The van der Waals surface area contributed by atoms with Gasteiger partial charge in [0.25, 0.3) is 0 Å². The van der Waals surface area contributed by atoms with Crippen LogP contribution in [0.3, 0.4) is 0 Å². The molecule has 4 bridgehead atoms. The maximum atomic E-state index is 3.85. The van der Waals surface area contributed by atoms with Crippen LogP contribution in [0, 0.1) is 11.8 Å². The molecule has 136 valence electrons.